The van der Waals surface area contributed by atoms with E-state index in [1.54, 1.807) is 7.11 Å². The molecular weight excluding hydrogens is 252 g/mol. The summed E-state index contributed by atoms with van der Waals surface area (Å²) >= 11 is 0. The van der Waals surface area contributed by atoms with Crippen molar-refractivity contribution in [2.75, 3.05) is 34.3 Å². The van der Waals surface area contributed by atoms with Gasteiger partial charge in [-0.2, -0.15) is 0 Å². The number of methoxy groups -OCH3 is 1. The average Bonchev–Trinajstić information content (AvgIpc) is 2.38. The molecule has 0 radical (unpaired) electrons. The molecule has 1 aromatic rings. The fourth-order valence-corrected chi connectivity index (χ4v) is 2.04. The van der Waals surface area contributed by atoms with Crippen molar-refractivity contribution in [1.29, 1.82) is 0 Å². The Hall–Kier alpha value is -1.55. The number of ether oxygens (including phenoxy) is 1. The van der Waals surface area contributed by atoms with Gasteiger partial charge in [0.2, 0.25) is 5.91 Å². The molecule has 20 heavy (non-hydrogen) atoms. The molecule has 1 rings (SSSR count). The lowest BCUT2D eigenvalue weighted by Gasteiger charge is -2.13. The predicted octanol–water partition coefficient (Wildman–Crippen LogP) is 1.92. The number of benzene rings is 1. The zero-order valence-electron chi connectivity index (χ0n) is 13.2. The number of amides is 1. The maximum absolute atomic E-state index is 11.9. The molecule has 0 atom stereocenters. The number of hydrogen-bond donors (Lipinski definition) is 1. The van der Waals surface area contributed by atoms with Crippen LogP contribution in [0.5, 0.6) is 5.75 Å². The Bertz CT molecular complexity index is 456. The summed E-state index contributed by atoms with van der Waals surface area (Å²) in [5, 5.41) is 2.95. The molecule has 0 fully saturated rings. The van der Waals surface area contributed by atoms with Crippen molar-refractivity contribution in [3.05, 3.63) is 28.8 Å². The minimum atomic E-state index is 0.0466. The molecule has 0 unspecified atom stereocenters. The highest BCUT2D eigenvalue weighted by molar-refractivity contribution is 5.79. The van der Waals surface area contributed by atoms with Gasteiger partial charge >= 0.3 is 0 Å². The topological polar surface area (TPSA) is 41.6 Å². The third kappa shape index (κ3) is 5.21. The average molecular weight is 278 g/mol. The van der Waals surface area contributed by atoms with E-state index in [1.807, 2.05) is 40.1 Å². The Kier molecular flexibility index (Phi) is 6.52. The Morgan fingerprint density at radius 2 is 1.90 bits per heavy atom. The smallest absolute Gasteiger partial charge is 0.224 e. The van der Waals surface area contributed by atoms with Crippen LogP contribution in [0, 0.1) is 13.8 Å². The fourth-order valence-electron chi connectivity index (χ4n) is 2.04. The van der Waals surface area contributed by atoms with E-state index in [1.165, 1.54) is 11.1 Å². The molecule has 4 nitrogen and oxygen atoms in total. The van der Waals surface area contributed by atoms with E-state index in [4.69, 9.17) is 4.74 Å². The second-order valence-corrected chi connectivity index (χ2v) is 5.43. The van der Waals surface area contributed by atoms with Gasteiger partial charge in [-0.15, -0.1) is 0 Å². The van der Waals surface area contributed by atoms with Crippen LogP contribution >= 0.6 is 0 Å². The summed E-state index contributed by atoms with van der Waals surface area (Å²) in [5.74, 6) is 0.835. The van der Waals surface area contributed by atoms with Crippen LogP contribution in [0.2, 0.25) is 0 Å². The number of carbonyl (C=O) groups is 1. The minimum Gasteiger partial charge on any atom is -0.496 e. The van der Waals surface area contributed by atoms with Gasteiger partial charge in [-0.3, -0.25) is 4.79 Å². The van der Waals surface area contributed by atoms with Crippen LogP contribution in [-0.4, -0.2) is 45.1 Å². The molecule has 0 aliphatic heterocycles. The fraction of sp³-hybridized carbons (Fsp3) is 0.562. The highest BCUT2D eigenvalue weighted by Gasteiger charge is 2.10. The number of carbonyl (C=O) groups excluding carboxylic acids is 1. The molecule has 0 bridgehead atoms. The van der Waals surface area contributed by atoms with E-state index in [9.17, 15) is 4.79 Å². The van der Waals surface area contributed by atoms with Gasteiger partial charge in [0.05, 0.1) is 13.5 Å². The first-order chi connectivity index (χ1) is 9.43. The summed E-state index contributed by atoms with van der Waals surface area (Å²) in [6, 6.07) is 4.03. The monoisotopic (exact) mass is 278 g/mol. The maximum Gasteiger partial charge on any atom is 0.224 e. The van der Waals surface area contributed by atoms with E-state index in [0.717, 1.165) is 24.3 Å². The second-order valence-electron chi connectivity index (χ2n) is 5.43. The molecule has 0 aromatic heterocycles. The van der Waals surface area contributed by atoms with Crippen molar-refractivity contribution < 1.29 is 9.53 Å². The van der Waals surface area contributed by atoms with E-state index < -0.39 is 0 Å². The molecule has 1 N–H and O–H groups in total. The van der Waals surface area contributed by atoms with Gasteiger partial charge in [-0.25, -0.2) is 0 Å². The second kappa shape index (κ2) is 7.90. The van der Waals surface area contributed by atoms with Gasteiger partial charge in [-0.1, -0.05) is 6.07 Å². The summed E-state index contributed by atoms with van der Waals surface area (Å²) in [7, 11) is 5.70. The zero-order chi connectivity index (χ0) is 15.1. The van der Waals surface area contributed by atoms with Crippen LogP contribution in [-0.2, 0) is 11.2 Å². The SMILES string of the molecule is COc1cc(C)c(C)cc1CC(=O)NCCCN(C)C. The van der Waals surface area contributed by atoms with Crippen LogP contribution < -0.4 is 10.1 Å². The van der Waals surface area contributed by atoms with Crippen molar-refractivity contribution in [2.24, 2.45) is 0 Å². The Balaban J connectivity index is 2.55. The summed E-state index contributed by atoms with van der Waals surface area (Å²) in [4.78, 5) is 14.1. The maximum atomic E-state index is 11.9. The lowest BCUT2D eigenvalue weighted by molar-refractivity contribution is -0.120. The van der Waals surface area contributed by atoms with Crippen LogP contribution in [0.25, 0.3) is 0 Å². The molecule has 4 heteroatoms. The molecule has 1 aromatic carbocycles. The first-order valence-electron chi connectivity index (χ1n) is 6.99. The molecule has 1 amide bonds. The van der Waals surface area contributed by atoms with E-state index in [0.29, 0.717) is 13.0 Å². The zero-order valence-corrected chi connectivity index (χ0v) is 13.2. The Labute approximate surface area is 122 Å². The van der Waals surface area contributed by atoms with E-state index in [2.05, 4.69) is 10.2 Å². The standard InChI is InChI=1S/C16H26N2O2/c1-12-9-14(15(20-5)10-13(12)2)11-16(19)17-7-6-8-18(3)4/h9-10H,6-8,11H2,1-5H3,(H,17,19). The van der Waals surface area contributed by atoms with E-state index in [-0.39, 0.29) is 5.91 Å². The van der Waals surface area contributed by atoms with Crippen LogP contribution in [0.3, 0.4) is 0 Å². The number of nitrogens with zero attached hydrogens (tertiary/aromatic N) is 1. The van der Waals surface area contributed by atoms with Gasteiger partial charge in [-0.05, 0) is 58.1 Å². The van der Waals surface area contributed by atoms with Crippen LogP contribution in [0.1, 0.15) is 23.1 Å². The van der Waals surface area contributed by atoms with Gasteiger partial charge in [0.15, 0.2) is 0 Å². The van der Waals surface area contributed by atoms with Gasteiger partial charge < -0.3 is 15.0 Å². The molecule has 0 aliphatic rings. The largest absolute Gasteiger partial charge is 0.496 e. The summed E-state index contributed by atoms with van der Waals surface area (Å²) < 4.78 is 5.35. The number of hydrogen-bond acceptors (Lipinski definition) is 3. The van der Waals surface area contributed by atoms with Crippen molar-refractivity contribution in [1.82, 2.24) is 10.2 Å². The lowest BCUT2D eigenvalue weighted by atomic mass is 10.0. The van der Waals surface area contributed by atoms with E-state index >= 15 is 0 Å². The summed E-state index contributed by atoms with van der Waals surface area (Å²) in [5.41, 5.74) is 3.30. The third-order valence-corrected chi connectivity index (χ3v) is 3.35. The molecule has 0 saturated heterocycles. The molecule has 0 aliphatic carbocycles. The third-order valence-electron chi connectivity index (χ3n) is 3.35. The van der Waals surface area contributed by atoms with Gasteiger partial charge in [0, 0.05) is 12.1 Å². The van der Waals surface area contributed by atoms with Crippen LogP contribution in [0.15, 0.2) is 12.1 Å². The number of aryl methyl sites for hydroxylation is 2. The molecule has 0 heterocycles. The summed E-state index contributed by atoms with van der Waals surface area (Å²) in [6.45, 7) is 5.79. The highest BCUT2D eigenvalue weighted by atomic mass is 16.5. The highest BCUT2D eigenvalue weighted by Crippen LogP contribution is 2.23. The first-order valence-corrected chi connectivity index (χ1v) is 6.99. The number of nitrogens with one attached hydrogen (secondary N) is 1. The van der Waals surface area contributed by atoms with Crippen molar-refractivity contribution in [3.8, 4) is 5.75 Å². The van der Waals surface area contributed by atoms with Crippen molar-refractivity contribution in [3.63, 3.8) is 0 Å². The summed E-state index contributed by atoms with van der Waals surface area (Å²) in [6.07, 6.45) is 1.33. The first kappa shape index (κ1) is 16.5. The molecular formula is C16H26N2O2. The van der Waals surface area contributed by atoms with Crippen molar-refractivity contribution in [2.45, 2.75) is 26.7 Å². The lowest BCUT2D eigenvalue weighted by Crippen LogP contribution is -2.28. The molecule has 112 valence electrons. The van der Waals surface area contributed by atoms with Gasteiger partial charge in [0.25, 0.3) is 0 Å². The quantitative estimate of drug-likeness (QED) is 0.775. The van der Waals surface area contributed by atoms with Crippen LogP contribution in [0.4, 0.5) is 0 Å². The molecule has 0 saturated carbocycles. The minimum absolute atomic E-state index is 0.0466. The van der Waals surface area contributed by atoms with Crippen molar-refractivity contribution >= 4 is 5.91 Å². The number of rotatable bonds is 7. The Morgan fingerprint density at radius 3 is 2.50 bits per heavy atom. The normalized spacial score (nSPS) is 10.7. The van der Waals surface area contributed by atoms with Gasteiger partial charge in [0.1, 0.15) is 5.75 Å². The molecule has 0 spiro atoms. The predicted molar refractivity (Wildman–Crippen MR) is 82.4 cm³/mol. The Morgan fingerprint density at radius 1 is 1.25 bits per heavy atom.